The molecule has 0 radical (unpaired) electrons. The molecule has 72 valence electrons. The van der Waals surface area contributed by atoms with Crippen LogP contribution in [0.25, 0.3) is 0 Å². The molecule has 0 amide bonds. The van der Waals surface area contributed by atoms with Gasteiger partial charge in [-0.15, -0.1) is 11.8 Å². The second kappa shape index (κ2) is 5.87. The standard InChI is InChI=1S/C10H21NS/c1-3-4-5-6-10-11-8-7-9(2)12-10/h9-11H,3-8H2,1-2H3. The Kier molecular flexibility index (Phi) is 5.08. The van der Waals surface area contributed by atoms with E-state index in [1.165, 1.54) is 38.6 Å². The number of hydrogen-bond donors (Lipinski definition) is 1. The van der Waals surface area contributed by atoms with Gasteiger partial charge < -0.3 is 5.32 Å². The summed E-state index contributed by atoms with van der Waals surface area (Å²) in [7, 11) is 0. The van der Waals surface area contributed by atoms with Crippen molar-refractivity contribution in [2.45, 2.75) is 56.6 Å². The molecule has 0 aromatic heterocycles. The smallest absolute Gasteiger partial charge is 0.0534 e. The van der Waals surface area contributed by atoms with E-state index in [4.69, 9.17) is 0 Å². The monoisotopic (exact) mass is 187 g/mol. The van der Waals surface area contributed by atoms with E-state index in [0.717, 1.165) is 10.6 Å². The van der Waals surface area contributed by atoms with E-state index in [0.29, 0.717) is 0 Å². The minimum Gasteiger partial charge on any atom is -0.305 e. The first-order chi connectivity index (χ1) is 5.83. The largest absolute Gasteiger partial charge is 0.305 e. The van der Waals surface area contributed by atoms with Gasteiger partial charge in [0.05, 0.1) is 5.37 Å². The molecule has 1 heterocycles. The predicted molar refractivity (Wildman–Crippen MR) is 57.6 cm³/mol. The van der Waals surface area contributed by atoms with Gasteiger partial charge in [0.1, 0.15) is 0 Å². The van der Waals surface area contributed by atoms with Gasteiger partial charge in [-0.1, -0.05) is 33.1 Å². The van der Waals surface area contributed by atoms with Crippen molar-refractivity contribution in [1.29, 1.82) is 0 Å². The van der Waals surface area contributed by atoms with Crippen molar-refractivity contribution in [2.75, 3.05) is 6.54 Å². The van der Waals surface area contributed by atoms with Gasteiger partial charge in [-0.2, -0.15) is 0 Å². The molecule has 0 aliphatic carbocycles. The lowest BCUT2D eigenvalue weighted by molar-refractivity contribution is 0.535. The fraction of sp³-hybridized carbons (Fsp3) is 1.00. The molecule has 0 saturated carbocycles. The van der Waals surface area contributed by atoms with Gasteiger partial charge in [-0.25, -0.2) is 0 Å². The number of hydrogen-bond acceptors (Lipinski definition) is 2. The predicted octanol–water partition coefficient (Wildman–Crippen LogP) is 3.01. The Morgan fingerprint density at radius 2 is 2.25 bits per heavy atom. The maximum Gasteiger partial charge on any atom is 0.0534 e. The lowest BCUT2D eigenvalue weighted by atomic mass is 10.2. The fourth-order valence-corrected chi connectivity index (χ4v) is 2.93. The minimum absolute atomic E-state index is 0.750. The van der Waals surface area contributed by atoms with E-state index in [2.05, 4.69) is 30.9 Å². The zero-order chi connectivity index (χ0) is 8.81. The Bertz CT molecular complexity index is 116. The van der Waals surface area contributed by atoms with Crippen molar-refractivity contribution < 1.29 is 0 Å². The van der Waals surface area contributed by atoms with Crippen molar-refractivity contribution in [1.82, 2.24) is 5.32 Å². The van der Waals surface area contributed by atoms with Gasteiger partial charge in [0.2, 0.25) is 0 Å². The molecule has 1 saturated heterocycles. The van der Waals surface area contributed by atoms with E-state index in [1.807, 2.05) is 0 Å². The van der Waals surface area contributed by atoms with Gasteiger partial charge in [0.15, 0.2) is 0 Å². The van der Waals surface area contributed by atoms with Gasteiger partial charge >= 0.3 is 0 Å². The van der Waals surface area contributed by atoms with E-state index in [1.54, 1.807) is 0 Å². The quantitative estimate of drug-likeness (QED) is 0.679. The van der Waals surface area contributed by atoms with E-state index >= 15 is 0 Å². The lowest BCUT2D eigenvalue weighted by Gasteiger charge is -2.27. The summed E-state index contributed by atoms with van der Waals surface area (Å²) in [6.45, 7) is 5.84. The topological polar surface area (TPSA) is 12.0 Å². The summed E-state index contributed by atoms with van der Waals surface area (Å²) >= 11 is 2.13. The molecule has 1 N–H and O–H groups in total. The highest BCUT2D eigenvalue weighted by Gasteiger charge is 2.17. The molecule has 0 bridgehead atoms. The van der Waals surface area contributed by atoms with Crippen molar-refractivity contribution in [3.63, 3.8) is 0 Å². The highest BCUT2D eigenvalue weighted by Crippen LogP contribution is 2.25. The summed E-state index contributed by atoms with van der Waals surface area (Å²) in [5.41, 5.74) is 0. The first-order valence-electron chi connectivity index (χ1n) is 5.21. The zero-order valence-corrected chi connectivity index (χ0v) is 9.12. The Hall–Kier alpha value is 0.310. The molecule has 1 aliphatic heterocycles. The number of nitrogens with one attached hydrogen (secondary N) is 1. The number of thioether (sulfide) groups is 1. The summed E-state index contributed by atoms with van der Waals surface area (Å²) in [5, 5.41) is 5.19. The molecule has 2 unspecified atom stereocenters. The van der Waals surface area contributed by atoms with E-state index < -0.39 is 0 Å². The second-order valence-corrected chi connectivity index (χ2v) is 5.32. The van der Waals surface area contributed by atoms with Crippen LogP contribution in [0.2, 0.25) is 0 Å². The van der Waals surface area contributed by atoms with Crippen LogP contribution in [0.5, 0.6) is 0 Å². The Morgan fingerprint density at radius 3 is 2.92 bits per heavy atom. The molecular weight excluding hydrogens is 166 g/mol. The highest BCUT2D eigenvalue weighted by molar-refractivity contribution is 8.00. The maximum absolute atomic E-state index is 3.57. The first-order valence-corrected chi connectivity index (χ1v) is 6.16. The van der Waals surface area contributed by atoms with Crippen molar-refractivity contribution in [3.05, 3.63) is 0 Å². The average Bonchev–Trinajstić information content (AvgIpc) is 2.05. The van der Waals surface area contributed by atoms with Gasteiger partial charge in [-0.05, 0) is 19.4 Å². The van der Waals surface area contributed by atoms with Crippen LogP contribution in [0.15, 0.2) is 0 Å². The lowest BCUT2D eigenvalue weighted by Crippen LogP contribution is -2.34. The summed E-state index contributed by atoms with van der Waals surface area (Å²) in [4.78, 5) is 0. The average molecular weight is 187 g/mol. The highest BCUT2D eigenvalue weighted by atomic mass is 32.2. The second-order valence-electron chi connectivity index (χ2n) is 3.67. The summed E-state index contributed by atoms with van der Waals surface area (Å²) < 4.78 is 0. The van der Waals surface area contributed by atoms with Crippen LogP contribution in [0.3, 0.4) is 0 Å². The molecule has 2 heteroatoms. The number of rotatable bonds is 4. The van der Waals surface area contributed by atoms with Crippen LogP contribution in [0.4, 0.5) is 0 Å². The van der Waals surface area contributed by atoms with E-state index in [-0.39, 0.29) is 0 Å². The molecule has 2 atom stereocenters. The van der Waals surface area contributed by atoms with Crippen LogP contribution >= 0.6 is 11.8 Å². The van der Waals surface area contributed by atoms with Crippen molar-refractivity contribution in [2.24, 2.45) is 0 Å². The van der Waals surface area contributed by atoms with Gasteiger partial charge in [0.25, 0.3) is 0 Å². The molecule has 1 nitrogen and oxygen atoms in total. The zero-order valence-electron chi connectivity index (χ0n) is 8.31. The molecule has 0 aromatic carbocycles. The molecule has 1 fully saturated rings. The van der Waals surface area contributed by atoms with Gasteiger partial charge in [-0.3, -0.25) is 0 Å². The summed E-state index contributed by atoms with van der Waals surface area (Å²) in [6, 6.07) is 0. The Balaban J connectivity index is 2.06. The molecule has 1 aliphatic rings. The first kappa shape index (κ1) is 10.4. The summed E-state index contributed by atoms with van der Waals surface area (Å²) in [5.74, 6) is 0. The Morgan fingerprint density at radius 1 is 1.42 bits per heavy atom. The molecular formula is C10H21NS. The van der Waals surface area contributed by atoms with Crippen LogP contribution in [0.1, 0.15) is 46.0 Å². The summed E-state index contributed by atoms with van der Waals surface area (Å²) in [6.07, 6.45) is 6.84. The van der Waals surface area contributed by atoms with Gasteiger partial charge in [0, 0.05) is 5.25 Å². The molecule has 1 rings (SSSR count). The third-order valence-corrected chi connectivity index (χ3v) is 3.82. The van der Waals surface area contributed by atoms with Crippen molar-refractivity contribution in [3.8, 4) is 0 Å². The number of unbranched alkanes of at least 4 members (excludes halogenated alkanes) is 2. The molecule has 0 spiro atoms. The minimum atomic E-state index is 0.750. The van der Waals surface area contributed by atoms with Crippen LogP contribution in [-0.4, -0.2) is 17.2 Å². The molecule has 0 aromatic rings. The third-order valence-electron chi connectivity index (χ3n) is 2.39. The van der Waals surface area contributed by atoms with Crippen LogP contribution in [0, 0.1) is 0 Å². The van der Waals surface area contributed by atoms with Crippen LogP contribution < -0.4 is 5.32 Å². The maximum atomic E-state index is 3.57. The Labute approximate surface area is 80.7 Å². The van der Waals surface area contributed by atoms with Crippen LogP contribution in [-0.2, 0) is 0 Å². The third kappa shape index (κ3) is 3.81. The SMILES string of the molecule is CCCCCC1NCCC(C)S1. The molecule has 12 heavy (non-hydrogen) atoms. The van der Waals surface area contributed by atoms with E-state index in [9.17, 15) is 0 Å². The fourth-order valence-electron chi connectivity index (χ4n) is 1.59. The van der Waals surface area contributed by atoms with Crippen molar-refractivity contribution >= 4 is 11.8 Å². The normalized spacial score (nSPS) is 30.5.